The van der Waals surface area contributed by atoms with E-state index >= 15 is 0 Å². The number of nitrogens with zero attached hydrogens (tertiary/aromatic N) is 2. The maximum absolute atomic E-state index is 12.5. The maximum Gasteiger partial charge on any atom is 0.360 e. The van der Waals surface area contributed by atoms with Gasteiger partial charge >= 0.3 is 5.97 Å². The van der Waals surface area contributed by atoms with Crippen LogP contribution >= 0.6 is 0 Å². The number of anilines is 1. The second kappa shape index (κ2) is 6.88. The molecule has 0 aliphatic heterocycles. The summed E-state index contributed by atoms with van der Waals surface area (Å²) in [6.07, 6.45) is 1.63. The van der Waals surface area contributed by atoms with Crippen LogP contribution in [0.3, 0.4) is 0 Å². The summed E-state index contributed by atoms with van der Waals surface area (Å²) in [5, 5.41) is 6.80. The lowest BCUT2D eigenvalue weighted by Gasteiger charge is -2.13. The zero-order chi connectivity index (χ0) is 18.0. The van der Waals surface area contributed by atoms with E-state index in [1.165, 1.54) is 6.07 Å². The van der Waals surface area contributed by atoms with Gasteiger partial charge in [0.25, 0.3) is 5.56 Å². The van der Waals surface area contributed by atoms with Gasteiger partial charge in [-0.1, -0.05) is 18.2 Å². The highest BCUT2D eigenvalue weighted by Gasteiger charge is 2.31. The highest BCUT2D eigenvalue weighted by molar-refractivity contribution is 6.01. The van der Waals surface area contributed by atoms with Crippen molar-refractivity contribution in [3.05, 3.63) is 51.9 Å². The van der Waals surface area contributed by atoms with Crippen LogP contribution in [0, 0.1) is 12.8 Å². The number of aromatic nitrogens is 2. The first-order valence-electron chi connectivity index (χ1n) is 8.19. The van der Waals surface area contributed by atoms with Crippen molar-refractivity contribution in [3.63, 3.8) is 0 Å². The second-order valence-corrected chi connectivity index (χ2v) is 5.93. The molecule has 3 rings (SSSR count). The van der Waals surface area contributed by atoms with Crippen molar-refractivity contribution >= 4 is 17.6 Å². The highest BCUT2D eigenvalue weighted by atomic mass is 16.5. The molecule has 0 atom stereocenters. The van der Waals surface area contributed by atoms with E-state index in [0.717, 1.165) is 23.1 Å². The standard InChI is InChI=1S/C18H19N3O4/c1-3-25-18(24)16-13(19-17(23)12-8-9-12)10-15(22)21(20-16)14-7-5-4-6-11(14)2/h4-7,10,12H,3,8-9H2,1-2H3,(H,19,23). The Morgan fingerprint density at radius 3 is 2.68 bits per heavy atom. The molecule has 130 valence electrons. The van der Waals surface area contributed by atoms with Crippen LogP contribution < -0.4 is 10.9 Å². The number of carbonyl (C=O) groups excluding carboxylic acids is 2. The lowest BCUT2D eigenvalue weighted by Crippen LogP contribution is -2.28. The quantitative estimate of drug-likeness (QED) is 0.841. The molecule has 25 heavy (non-hydrogen) atoms. The van der Waals surface area contributed by atoms with Crippen molar-refractivity contribution in [2.75, 3.05) is 11.9 Å². The summed E-state index contributed by atoms with van der Waals surface area (Å²) in [5.74, 6) is -0.954. The van der Waals surface area contributed by atoms with Gasteiger partial charge in [0, 0.05) is 12.0 Å². The lowest BCUT2D eigenvalue weighted by atomic mass is 10.2. The monoisotopic (exact) mass is 341 g/mol. The third kappa shape index (κ3) is 3.60. The third-order valence-corrected chi connectivity index (χ3v) is 3.95. The van der Waals surface area contributed by atoms with E-state index in [-0.39, 0.29) is 29.8 Å². The largest absolute Gasteiger partial charge is 0.461 e. The normalized spacial score (nSPS) is 13.4. The van der Waals surface area contributed by atoms with Crippen LogP contribution in [0.5, 0.6) is 0 Å². The number of para-hydroxylation sites is 1. The Balaban J connectivity index is 2.08. The fraction of sp³-hybridized carbons (Fsp3) is 0.333. The average molecular weight is 341 g/mol. The molecular weight excluding hydrogens is 322 g/mol. The van der Waals surface area contributed by atoms with Gasteiger partial charge in [-0.25, -0.2) is 4.79 Å². The average Bonchev–Trinajstić information content (AvgIpc) is 3.41. The molecule has 1 aromatic heterocycles. The maximum atomic E-state index is 12.5. The van der Waals surface area contributed by atoms with E-state index in [1.807, 2.05) is 19.1 Å². The third-order valence-electron chi connectivity index (χ3n) is 3.95. The van der Waals surface area contributed by atoms with Gasteiger partial charge < -0.3 is 10.1 Å². The van der Waals surface area contributed by atoms with Crippen LogP contribution in [-0.2, 0) is 9.53 Å². The van der Waals surface area contributed by atoms with Crippen LogP contribution in [0.1, 0.15) is 35.8 Å². The minimum absolute atomic E-state index is 0.0613. The molecule has 1 fully saturated rings. The van der Waals surface area contributed by atoms with Crippen molar-refractivity contribution in [3.8, 4) is 5.69 Å². The van der Waals surface area contributed by atoms with E-state index in [9.17, 15) is 14.4 Å². The number of amides is 1. The van der Waals surface area contributed by atoms with Gasteiger partial charge in [0.15, 0.2) is 5.69 Å². The number of ether oxygens (including phenoxy) is 1. The first kappa shape index (κ1) is 16.9. The number of carbonyl (C=O) groups is 2. The Morgan fingerprint density at radius 2 is 2.04 bits per heavy atom. The van der Waals surface area contributed by atoms with Crippen LogP contribution in [0.15, 0.2) is 35.1 Å². The molecule has 1 heterocycles. The first-order chi connectivity index (χ1) is 12.0. The molecule has 1 aliphatic rings. The number of esters is 1. The highest BCUT2D eigenvalue weighted by Crippen LogP contribution is 2.30. The number of rotatable bonds is 5. The Hall–Kier alpha value is -2.96. The SMILES string of the molecule is CCOC(=O)c1nn(-c2ccccc2C)c(=O)cc1NC(=O)C1CC1. The van der Waals surface area contributed by atoms with Crippen molar-refractivity contribution in [1.29, 1.82) is 0 Å². The molecule has 0 saturated heterocycles. The number of aryl methyl sites for hydroxylation is 1. The Kier molecular flexibility index (Phi) is 4.65. The summed E-state index contributed by atoms with van der Waals surface area (Å²) < 4.78 is 6.17. The van der Waals surface area contributed by atoms with Gasteiger partial charge in [0.05, 0.1) is 18.0 Å². The number of hydrogen-bond donors (Lipinski definition) is 1. The molecule has 0 spiro atoms. The van der Waals surface area contributed by atoms with Crippen LogP contribution in [-0.4, -0.2) is 28.3 Å². The minimum atomic E-state index is -0.684. The van der Waals surface area contributed by atoms with Crippen LogP contribution in [0.25, 0.3) is 5.69 Å². The van der Waals surface area contributed by atoms with Crippen molar-refractivity contribution in [2.24, 2.45) is 5.92 Å². The molecule has 1 aromatic carbocycles. The molecule has 0 bridgehead atoms. The number of hydrogen-bond acceptors (Lipinski definition) is 5. The summed E-state index contributed by atoms with van der Waals surface area (Å²) in [6, 6.07) is 8.42. The number of benzene rings is 1. The molecule has 7 heteroatoms. The summed E-state index contributed by atoms with van der Waals surface area (Å²) in [7, 11) is 0. The molecule has 1 saturated carbocycles. The predicted molar refractivity (Wildman–Crippen MR) is 91.9 cm³/mol. The smallest absolute Gasteiger partial charge is 0.360 e. The molecule has 0 radical (unpaired) electrons. The van der Waals surface area contributed by atoms with Crippen molar-refractivity contribution < 1.29 is 14.3 Å². The summed E-state index contributed by atoms with van der Waals surface area (Å²) in [4.78, 5) is 36.8. The molecule has 2 aromatic rings. The van der Waals surface area contributed by atoms with E-state index in [2.05, 4.69) is 10.4 Å². The first-order valence-corrected chi connectivity index (χ1v) is 8.19. The Labute approximate surface area is 144 Å². The van der Waals surface area contributed by atoms with Crippen LogP contribution in [0.4, 0.5) is 5.69 Å². The van der Waals surface area contributed by atoms with Gasteiger partial charge in [0.2, 0.25) is 5.91 Å². The van der Waals surface area contributed by atoms with E-state index < -0.39 is 11.5 Å². The topological polar surface area (TPSA) is 90.3 Å². The molecule has 1 N–H and O–H groups in total. The summed E-state index contributed by atoms with van der Waals surface area (Å²) >= 11 is 0. The fourth-order valence-corrected chi connectivity index (χ4v) is 2.46. The lowest BCUT2D eigenvalue weighted by molar-refractivity contribution is -0.117. The Bertz CT molecular complexity index is 884. The zero-order valence-corrected chi connectivity index (χ0v) is 14.1. The van der Waals surface area contributed by atoms with Gasteiger partial charge in [-0.2, -0.15) is 9.78 Å². The fourth-order valence-electron chi connectivity index (χ4n) is 2.46. The van der Waals surface area contributed by atoms with Gasteiger partial charge in [-0.15, -0.1) is 0 Å². The van der Waals surface area contributed by atoms with Crippen molar-refractivity contribution in [1.82, 2.24) is 9.78 Å². The molecule has 1 aliphatic carbocycles. The molecule has 7 nitrogen and oxygen atoms in total. The van der Waals surface area contributed by atoms with E-state index in [0.29, 0.717) is 5.69 Å². The van der Waals surface area contributed by atoms with E-state index in [4.69, 9.17) is 4.74 Å². The predicted octanol–water partition coefficient (Wildman–Crippen LogP) is 2.07. The number of nitrogens with one attached hydrogen (secondary N) is 1. The van der Waals surface area contributed by atoms with Gasteiger partial charge in [-0.05, 0) is 38.3 Å². The summed E-state index contributed by atoms with van der Waals surface area (Å²) in [5.41, 5.74) is 0.970. The molecule has 1 amide bonds. The van der Waals surface area contributed by atoms with Gasteiger partial charge in [-0.3, -0.25) is 9.59 Å². The Morgan fingerprint density at radius 1 is 1.32 bits per heavy atom. The summed E-state index contributed by atoms with van der Waals surface area (Å²) in [6.45, 7) is 3.69. The molecule has 0 unspecified atom stereocenters. The molecular formula is C18H19N3O4. The zero-order valence-electron chi connectivity index (χ0n) is 14.1. The second-order valence-electron chi connectivity index (χ2n) is 5.93. The van der Waals surface area contributed by atoms with E-state index in [1.54, 1.807) is 19.1 Å². The van der Waals surface area contributed by atoms with Crippen LogP contribution in [0.2, 0.25) is 0 Å². The van der Waals surface area contributed by atoms with Gasteiger partial charge in [0.1, 0.15) is 0 Å². The minimum Gasteiger partial charge on any atom is -0.461 e. The van der Waals surface area contributed by atoms with Crippen molar-refractivity contribution in [2.45, 2.75) is 26.7 Å².